The summed E-state index contributed by atoms with van der Waals surface area (Å²) >= 11 is 0. The molecule has 0 aliphatic rings. The summed E-state index contributed by atoms with van der Waals surface area (Å²) in [4.78, 5) is 13.4. The molecule has 0 aromatic heterocycles. The number of ketones is 1. The van der Waals surface area contributed by atoms with Crippen LogP contribution < -0.4 is 10.6 Å². The molecule has 0 spiro atoms. The van der Waals surface area contributed by atoms with Crippen molar-refractivity contribution in [2.24, 2.45) is 0 Å². The Kier molecular flexibility index (Phi) is 5.65. The number of carbonyl (C=O) groups is 1. The van der Waals surface area contributed by atoms with Crippen LogP contribution in [0.5, 0.6) is 0 Å². The van der Waals surface area contributed by atoms with Crippen LogP contribution in [0.4, 0.5) is 11.4 Å². The molecular formula is C14H22N2O2. The fourth-order valence-electron chi connectivity index (χ4n) is 1.87. The summed E-state index contributed by atoms with van der Waals surface area (Å²) in [5.74, 6) is -0.00958. The molecular weight excluding hydrogens is 228 g/mol. The quantitative estimate of drug-likeness (QED) is 0.441. The third-order valence-electron chi connectivity index (χ3n) is 3.01. The van der Waals surface area contributed by atoms with Gasteiger partial charge in [-0.2, -0.15) is 0 Å². The van der Waals surface area contributed by atoms with Crippen molar-refractivity contribution >= 4 is 17.2 Å². The van der Waals surface area contributed by atoms with Gasteiger partial charge >= 0.3 is 0 Å². The maximum absolute atomic E-state index is 11.3. The van der Waals surface area contributed by atoms with Gasteiger partial charge in [0.05, 0.1) is 0 Å². The van der Waals surface area contributed by atoms with Crippen LogP contribution in [0.1, 0.15) is 36.5 Å². The normalized spacial score (nSPS) is 10.4. The lowest BCUT2D eigenvalue weighted by molar-refractivity contribution is 0.101. The zero-order valence-corrected chi connectivity index (χ0v) is 11.1. The third kappa shape index (κ3) is 4.04. The van der Waals surface area contributed by atoms with Crippen molar-refractivity contribution in [3.63, 3.8) is 0 Å². The third-order valence-corrected chi connectivity index (χ3v) is 3.01. The summed E-state index contributed by atoms with van der Waals surface area (Å²) in [7, 11) is 2.00. The van der Waals surface area contributed by atoms with Gasteiger partial charge in [0.1, 0.15) is 0 Å². The molecule has 1 rings (SSSR count). The SMILES string of the molecule is CC(=O)c1ccc(N(C)CCCCCO)cc1N. The van der Waals surface area contributed by atoms with Gasteiger partial charge in [0.2, 0.25) is 0 Å². The second-order valence-corrected chi connectivity index (χ2v) is 4.53. The minimum absolute atomic E-state index is 0.00958. The van der Waals surface area contributed by atoms with E-state index >= 15 is 0 Å². The van der Waals surface area contributed by atoms with E-state index < -0.39 is 0 Å². The number of nitrogens with zero attached hydrogens (tertiary/aromatic N) is 1. The second kappa shape index (κ2) is 7.01. The predicted octanol–water partition coefficient (Wildman–Crippen LogP) is 2.07. The predicted molar refractivity (Wildman–Crippen MR) is 75.1 cm³/mol. The topological polar surface area (TPSA) is 66.6 Å². The van der Waals surface area contributed by atoms with Gasteiger partial charge in [0.25, 0.3) is 0 Å². The summed E-state index contributed by atoms with van der Waals surface area (Å²) in [5, 5.41) is 8.71. The van der Waals surface area contributed by atoms with E-state index in [2.05, 4.69) is 4.90 Å². The van der Waals surface area contributed by atoms with Gasteiger partial charge in [-0.05, 0) is 44.4 Å². The van der Waals surface area contributed by atoms with Crippen molar-refractivity contribution in [1.82, 2.24) is 0 Å². The molecule has 0 atom stereocenters. The molecule has 0 heterocycles. The lowest BCUT2D eigenvalue weighted by Gasteiger charge is -2.20. The van der Waals surface area contributed by atoms with Crippen LogP contribution in [0.2, 0.25) is 0 Å². The highest BCUT2D eigenvalue weighted by Gasteiger charge is 2.07. The van der Waals surface area contributed by atoms with E-state index in [0.29, 0.717) is 11.3 Å². The summed E-state index contributed by atoms with van der Waals surface area (Å²) in [6, 6.07) is 5.53. The van der Waals surface area contributed by atoms with Crippen molar-refractivity contribution in [2.45, 2.75) is 26.2 Å². The summed E-state index contributed by atoms with van der Waals surface area (Å²) in [6.45, 7) is 2.69. The minimum atomic E-state index is -0.00958. The molecule has 0 amide bonds. The molecule has 0 radical (unpaired) electrons. The van der Waals surface area contributed by atoms with E-state index in [4.69, 9.17) is 10.8 Å². The summed E-state index contributed by atoms with van der Waals surface area (Å²) in [6.07, 6.45) is 2.90. The van der Waals surface area contributed by atoms with Crippen LogP contribution in [0.25, 0.3) is 0 Å². The van der Waals surface area contributed by atoms with E-state index in [9.17, 15) is 4.79 Å². The van der Waals surface area contributed by atoms with E-state index in [1.807, 2.05) is 19.2 Å². The van der Waals surface area contributed by atoms with Crippen LogP contribution in [-0.4, -0.2) is 31.1 Å². The maximum Gasteiger partial charge on any atom is 0.161 e. The Morgan fingerprint density at radius 1 is 1.33 bits per heavy atom. The van der Waals surface area contributed by atoms with Gasteiger partial charge in [-0.25, -0.2) is 0 Å². The fraction of sp³-hybridized carbons (Fsp3) is 0.500. The van der Waals surface area contributed by atoms with Gasteiger partial charge in [-0.1, -0.05) is 0 Å². The molecule has 0 saturated carbocycles. The van der Waals surface area contributed by atoms with Gasteiger partial charge in [0, 0.05) is 37.1 Å². The van der Waals surface area contributed by atoms with Crippen molar-refractivity contribution in [1.29, 1.82) is 0 Å². The molecule has 1 aromatic carbocycles. The zero-order chi connectivity index (χ0) is 13.5. The largest absolute Gasteiger partial charge is 0.398 e. The molecule has 0 aliphatic heterocycles. The number of aliphatic hydroxyl groups excluding tert-OH is 1. The first-order valence-electron chi connectivity index (χ1n) is 6.28. The van der Waals surface area contributed by atoms with Crippen LogP contribution in [0.15, 0.2) is 18.2 Å². The number of rotatable bonds is 7. The number of Topliss-reactive ketones (excluding diaryl/α,β-unsaturated/α-hetero) is 1. The Labute approximate surface area is 108 Å². The Bertz CT molecular complexity index is 405. The van der Waals surface area contributed by atoms with Gasteiger partial charge < -0.3 is 15.7 Å². The number of hydrogen-bond donors (Lipinski definition) is 2. The maximum atomic E-state index is 11.3. The Balaban J connectivity index is 2.61. The van der Waals surface area contributed by atoms with E-state index in [-0.39, 0.29) is 12.4 Å². The average molecular weight is 250 g/mol. The number of benzene rings is 1. The monoisotopic (exact) mass is 250 g/mol. The highest BCUT2D eigenvalue weighted by atomic mass is 16.2. The van der Waals surface area contributed by atoms with Crippen LogP contribution in [0.3, 0.4) is 0 Å². The molecule has 0 fully saturated rings. The Morgan fingerprint density at radius 3 is 2.61 bits per heavy atom. The second-order valence-electron chi connectivity index (χ2n) is 4.53. The lowest BCUT2D eigenvalue weighted by atomic mass is 10.1. The van der Waals surface area contributed by atoms with Crippen molar-refractivity contribution < 1.29 is 9.90 Å². The molecule has 100 valence electrons. The first kappa shape index (κ1) is 14.5. The molecule has 0 bridgehead atoms. The van der Waals surface area contributed by atoms with Crippen LogP contribution in [0, 0.1) is 0 Å². The number of anilines is 2. The smallest absolute Gasteiger partial charge is 0.161 e. The van der Waals surface area contributed by atoms with Gasteiger partial charge in [-0.3, -0.25) is 4.79 Å². The van der Waals surface area contributed by atoms with E-state index in [1.54, 1.807) is 6.07 Å². The molecule has 4 nitrogen and oxygen atoms in total. The number of unbranched alkanes of at least 4 members (excludes halogenated alkanes) is 2. The number of nitrogen functional groups attached to an aromatic ring is 1. The first-order chi connectivity index (χ1) is 8.56. The Hall–Kier alpha value is -1.55. The summed E-state index contributed by atoms with van der Waals surface area (Å²) < 4.78 is 0. The van der Waals surface area contributed by atoms with Gasteiger partial charge in [0.15, 0.2) is 5.78 Å². The molecule has 1 aromatic rings. The highest BCUT2D eigenvalue weighted by Crippen LogP contribution is 2.21. The average Bonchev–Trinajstić information content (AvgIpc) is 2.33. The van der Waals surface area contributed by atoms with Crippen molar-refractivity contribution in [3.05, 3.63) is 23.8 Å². The van der Waals surface area contributed by atoms with Crippen LogP contribution >= 0.6 is 0 Å². The van der Waals surface area contributed by atoms with Crippen LogP contribution in [-0.2, 0) is 0 Å². The molecule has 0 saturated heterocycles. The highest BCUT2D eigenvalue weighted by molar-refractivity contribution is 5.99. The first-order valence-corrected chi connectivity index (χ1v) is 6.28. The van der Waals surface area contributed by atoms with Crippen molar-refractivity contribution in [2.75, 3.05) is 30.8 Å². The zero-order valence-electron chi connectivity index (χ0n) is 11.1. The summed E-state index contributed by atoms with van der Waals surface area (Å²) in [5.41, 5.74) is 7.98. The minimum Gasteiger partial charge on any atom is -0.398 e. The van der Waals surface area contributed by atoms with Gasteiger partial charge in [-0.15, -0.1) is 0 Å². The molecule has 18 heavy (non-hydrogen) atoms. The number of carbonyl (C=O) groups excluding carboxylic acids is 1. The number of aliphatic hydroxyl groups is 1. The van der Waals surface area contributed by atoms with Crippen molar-refractivity contribution in [3.8, 4) is 0 Å². The number of nitrogens with two attached hydrogens (primary N) is 1. The molecule has 0 aliphatic carbocycles. The van der Waals surface area contributed by atoms with E-state index in [0.717, 1.165) is 31.5 Å². The van der Waals surface area contributed by atoms with E-state index in [1.165, 1.54) is 6.92 Å². The standard InChI is InChI=1S/C14H22N2O2/c1-11(18)13-7-6-12(10-14(13)15)16(2)8-4-3-5-9-17/h6-7,10,17H,3-5,8-9,15H2,1-2H3. The number of hydrogen-bond acceptors (Lipinski definition) is 4. The Morgan fingerprint density at radius 2 is 2.06 bits per heavy atom. The molecule has 3 N–H and O–H groups in total. The fourth-order valence-corrected chi connectivity index (χ4v) is 1.87. The molecule has 0 unspecified atom stereocenters. The molecule has 4 heteroatoms. The lowest BCUT2D eigenvalue weighted by Crippen LogP contribution is -2.19.